The number of hydrogen-bond donors (Lipinski definition) is 0. The van der Waals surface area contributed by atoms with Gasteiger partial charge < -0.3 is 0 Å². The highest BCUT2D eigenvalue weighted by atomic mass is 14.3. The second-order valence-corrected chi connectivity index (χ2v) is 5.78. The first kappa shape index (κ1) is 16.5. The minimum atomic E-state index is -0.117. The lowest BCUT2D eigenvalue weighted by Gasteiger charge is -2.14. The molecular weight excluding hydrogens is 206 g/mol. The molecular formula is C16H30N. The van der Waals surface area contributed by atoms with E-state index in [1.165, 1.54) is 57.8 Å². The van der Waals surface area contributed by atoms with Crippen molar-refractivity contribution in [1.29, 1.82) is 5.26 Å². The van der Waals surface area contributed by atoms with Crippen molar-refractivity contribution in [2.75, 3.05) is 0 Å². The lowest BCUT2D eigenvalue weighted by Crippen LogP contribution is -2.06. The van der Waals surface area contributed by atoms with Gasteiger partial charge in [0, 0.05) is 0 Å². The van der Waals surface area contributed by atoms with Gasteiger partial charge >= 0.3 is 0 Å². The molecule has 0 heterocycles. The largest absolute Gasteiger partial charge is 0.198 e. The first-order chi connectivity index (χ1) is 8.12. The molecule has 99 valence electrons. The molecule has 0 spiro atoms. The average Bonchev–Trinajstić information content (AvgIpc) is 2.31. The van der Waals surface area contributed by atoms with E-state index in [4.69, 9.17) is 5.26 Å². The van der Waals surface area contributed by atoms with Crippen molar-refractivity contribution in [1.82, 2.24) is 0 Å². The monoisotopic (exact) mass is 236 g/mol. The van der Waals surface area contributed by atoms with Crippen LogP contribution in [0.2, 0.25) is 0 Å². The van der Waals surface area contributed by atoms with Crippen molar-refractivity contribution in [2.45, 2.75) is 84.5 Å². The fraction of sp³-hybridized carbons (Fsp3) is 0.875. The Kier molecular flexibility index (Phi) is 10.3. The molecule has 1 heteroatoms. The maximum Gasteiger partial charge on any atom is 0.0683 e. The molecule has 0 amide bonds. The first-order valence-electron chi connectivity index (χ1n) is 7.33. The van der Waals surface area contributed by atoms with Gasteiger partial charge in [0.15, 0.2) is 0 Å². The normalized spacial score (nSPS) is 11.4. The molecule has 0 bridgehead atoms. The van der Waals surface area contributed by atoms with E-state index in [0.29, 0.717) is 0 Å². The van der Waals surface area contributed by atoms with Crippen LogP contribution in [0.4, 0.5) is 0 Å². The molecule has 0 fully saturated rings. The summed E-state index contributed by atoms with van der Waals surface area (Å²) in [7, 11) is 0. The van der Waals surface area contributed by atoms with Crippen molar-refractivity contribution in [3.63, 3.8) is 0 Å². The number of unbranched alkanes of at least 4 members (excludes halogenated alkanes) is 9. The van der Waals surface area contributed by atoms with E-state index in [0.717, 1.165) is 12.8 Å². The van der Waals surface area contributed by atoms with Crippen LogP contribution in [-0.4, -0.2) is 0 Å². The summed E-state index contributed by atoms with van der Waals surface area (Å²) in [6.45, 7) is 7.93. The van der Waals surface area contributed by atoms with E-state index >= 15 is 0 Å². The van der Waals surface area contributed by atoms with Crippen LogP contribution in [0, 0.1) is 23.7 Å². The van der Waals surface area contributed by atoms with Gasteiger partial charge in [-0.1, -0.05) is 71.1 Å². The van der Waals surface area contributed by atoms with Crippen molar-refractivity contribution in [2.24, 2.45) is 5.41 Å². The summed E-state index contributed by atoms with van der Waals surface area (Å²) in [5.41, 5.74) is -0.117. The van der Waals surface area contributed by atoms with Crippen molar-refractivity contribution >= 4 is 0 Å². The minimum Gasteiger partial charge on any atom is -0.198 e. The molecule has 0 saturated heterocycles. The van der Waals surface area contributed by atoms with Crippen LogP contribution in [0.15, 0.2) is 0 Å². The molecule has 0 N–H and O–H groups in total. The summed E-state index contributed by atoms with van der Waals surface area (Å²) >= 11 is 0. The lowest BCUT2D eigenvalue weighted by molar-refractivity contribution is 0.418. The van der Waals surface area contributed by atoms with Gasteiger partial charge in [0.2, 0.25) is 0 Å². The number of nitriles is 1. The first-order valence-corrected chi connectivity index (χ1v) is 7.33. The molecule has 0 aromatic carbocycles. The Balaban J connectivity index is 3.12. The van der Waals surface area contributed by atoms with Crippen LogP contribution in [0.5, 0.6) is 0 Å². The zero-order chi connectivity index (χ0) is 13.0. The van der Waals surface area contributed by atoms with Gasteiger partial charge in [-0.05, 0) is 20.3 Å². The Labute approximate surface area is 109 Å². The Morgan fingerprint density at radius 2 is 1.24 bits per heavy atom. The number of rotatable bonds is 11. The molecule has 0 saturated carbocycles. The standard InChI is InChI=1S/C16H30N/c1-4-5-6-7-8-9-10-11-12-13-14-16(2,3)15-17/h1,4-14H2,2-3H3. The van der Waals surface area contributed by atoms with E-state index in [1.54, 1.807) is 0 Å². The summed E-state index contributed by atoms with van der Waals surface area (Å²) in [6.07, 6.45) is 14.2. The third kappa shape index (κ3) is 11.7. The Bertz CT molecular complexity index is 200. The van der Waals surface area contributed by atoms with Gasteiger partial charge in [-0.15, -0.1) is 0 Å². The second kappa shape index (κ2) is 10.6. The third-order valence-corrected chi connectivity index (χ3v) is 3.35. The molecule has 1 nitrogen and oxygen atoms in total. The average molecular weight is 236 g/mol. The summed E-state index contributed by atoms with van der Waals surface area (Å²) in [5, 5.41) is 8.88. The van der Waals surface area contributed by atoms with Gasteiger partial charge in [-0.2, -0.15) is 5.26 Å². The SMILES string of the molecule is [CH2]CCCCCCCCCCCC(C)(C)C#N. The maximum atomic E-state index is 8.88. The topological polar surface area (TPSA) is 23.8 Å². The van der Waals surface area contributed by atoms with Gasteiger partial charge in [0.05, 0.1) is 11.5 Å². The molecule has 0 aromatic heterocycles. The van der Waals surface area contributed by atoms with E-state index in [-0.39, 0.29) is 5.41 Å². The maximum absolute atomic E-state index is 8.88. The minimum absolute atomic E-state index is 0.117. The van der Waals surface area contributed by atoms with Gasteiger partial charge in [-0.25, -0.2) is 0 Å². The van der Waals surface area contributed by atoms with E-state index in [1.807, 2.05) is 13.8 Å². The fourth-order valence-corrected chi connectivity index (χ4v) is 2.04. The van der Waals surface area contributed by atoms with E-state index < -0.39 is 0 Å². The molecule has 0 rings (SSSR count). The Hall–Kier alpha value is -0.510. The molecule has 0 unspecified atom stereocenters. The molecule has 0 atom stereocenters. The molecule has 0 aromatic rings. The van der Waals surface area contributed by atoms with Crippen LogP contribution in [0.3, 0.4) is 0 Å². The molecule has 0 aliphatic heterocycles. The summed E-state index contributed by atoms with van der Waals surface area (Å²) < 4.78 is 0. The summed E-state index contributed by atoms with van der Waals surface area (Å²) in [5.74, 6) is 0. The van der Waals surface area contributed by atoms with Crippen LogP contribution in [-0.2, 0) is 0 Å². The quantitative estimate of drug-likeness (QED) is 0.424. The molecule has 1 radical (unpaired) electrons. The predicted octanol–water partition coefficient (Wildman–Crippen LogP) is 5.66. The molecule has 0 aliphatic rings. The van der Waals surface area contributed by atoms with Crippen molar-refractivity contribution in [3.8, 4) is 6.07 Å². The van der Waals surface area contributed by atoms with Crippen molar-refractivity contribution in [3.05, 3.63) is 6.92 Å². The van der Waals surface area contributed by atoms with Crippen molar-refractivity contribution < 1.29 is 0 Å². The van der Waals surface area contributed by atoms with Crippen LogP contribution >= 0.6 is 0 Å². The van der Waals surface area contributed by atoms with Crippen LogP contribution < -0.4 is 0 Å². The third-order valence-electron chi connectivity index (χ3n) is 3.35. The van der Waals surface area contributed by atoms with Crippen LogP contribution in [0.25, 0.3) is 0 Å². The summed E-state index contributed by atoms with van der Waals surface area (Å²) in [6, 6.07) is 2.37. The summed E-state index contributed by atoms with van der Waals surface area (Å²) in [4.78, 5) is 0. The Morgan fingerprint density at radius 3 is 1.65 bits per heavy atom. The Morgan fingerprint density at radius 1 is 0.824 bits per heavy atom. The fourth-order valence-electron chi connectivity index (χ4n) is 2.04. The van der Waals surface area contributed by atoms with Gasteiger partial charge in [0.25, 0.3) is 0 Å². The number of hydrogen-bond acceptors (Lipinski definition) is 1. The van der Waals surface area contributed by atoms with Gasteiger partial charge in [0.1, 0.15) is 0 Å². The lowest BCUT2D eigenvalue weighted by atomic mass is 9.88. The predicted molar refractivity (Wildman–Crippen MR) is 75.5 cm³/mol. The molecule has 0 aliphatic carbocycles. The molecule has 17 heavy (non-hydrogen) atoms. The number of nitrogens with zero attached hydrogens (tertiary/aromatic N) is 1. The zero-order valence-corrected chi connectivity index (χ0v) is 11.9. The van der Waals surface area contributed by atoms with Crippen LogP contribution in [0.1, 0.15) is 84.5 Å². The highest BCUT2D eigenvalue weighted by molar-refractivity contribution is 4.91. The van der Waals surface area contributed by atoms with E-state index in [2.05, 4.69) is 13.0 Å². The smallest absolute Gasteiger partial charge is 0.0683 e. The second-order valence-electron chi connectivity index (χ2n) is 5.78. The zero-order valence-electron chi connectivity index (χ0n) is 11.9. The van der Waals surface area contributed by atoms with Gasteiger partial charge in [-0.3, -0.25) is 0 Å². The highest BCUT2D eigenvalue weighted by Gasteiger charge is 2.14. The van der Waals surface area contributed by atoms with E-state index in [9.17, 15) is 0 Å². The highest BCUT2D eigenvalue weighted by Crippen LogP contribution is 2.22.